The number of hydrogen-bond acceptors (Lipinski definition) is 8. The zero-order valence-corrected chi connectivity index (χ0v) is 23.8. The lowest BCUT2D eigenvalue weighted by Crippen LogP contribution is -2.47. The van der Waals surface area contributed by atoms with Crippen LogP contribution in [0.1, 0.15) is 27.2 Å². The molecule has 0 N–H and O–H groups in total. The number of thioether (sulfide) groups is 1. The van der Waals surface area contributed by atoms with E-state index in [1.165, 1.54) is 5.56 Å². The molecule has 1 aliphatic heterocycles. The van der Waals surface area contributed by atoms with E-state index >= 15 is 0 Å². The molecule has 1 saturated heterocycles. The normalized spacial score (nSPS) is 13.9. The first kappa shape index (κ1) is 27.7. The van der Waals surface area contributed by atoms with Crippen molar-refractivity contribution in [2.75, 3.05) is 65.9 Å². The molecule has 0 spiro atoms. The Morgan fingerprint density at radius 2 is 1.74 bits per heavy atom. The molecule has 2 heterocycles. The number of aryl methyl sites for hydroxylation is 1. The van der Waals surface area contributed by atoms with Gasteiger partial charge in [0.15, 0.2) is 16.7 Å². The van der Waals surface area contributed by atoms with Gasteiger partial charge in [0.25, 0.3) is 5.91 Å². The van der Waals surface area contributed by atoms with E-state index in [0.717, 1.165) is 78.4 Å². The number of piperazine rings is 1. The summed E-state index contributed by atoms with van der Waals surface area (Å²) in [7, 11) is 7.43. The maximum atomic E-state index is 13.0. The van der Waals surface area contributed by atoms with E-state index in [0.29, 0.717) is 5.75 Å². The van der Waals surface area contributed by atoms with Crippen molar-refractivity contribution in [2.24, 2.45) is 0 Å². The number of methoxy groups -OCH3 is 2. The number of aromatic nitrogens is 2. The lowest BCUT2D eigenvalue weighted by molar-refractivity contribution is 0.0664. The third kappa shape index (κ3) is 7.17. The Labute approximate surface area is 230 Å². The van der Waals surface area contributed by atoms with Gasteiger partial charge in [-0.3, -0.25) is 4.79 Å². The van der Waals surface area contributed by atoms with Crippen LogP contribution >= 0.6 is 11.8 Å². The first-order valence-corrected chi connectivity index (χ1v) is 13.8. The molecular formula is C29H37N5O3S. The van der Waals surface area contributed by atoms with Crippen molar-refractivity contribution in [3.8, 4) is 11.5 Å². The molecule has 1 aliphatic rings. The minimum absolute atomic E-state index is 0.107. The maximum Gasteiger partial charge on any atom is 0.253 e. The van der Waals surface area contributed by atoms with Gasteiger partial charge in [-0.25, -0.2) is 9.97 Å². The highest BCUT2D eigenvalue weighted by Crippen LogP contribution is 2.28. The molecule has 0 saturated carbocycles. The fourth-order valence-corrected chi connectivity index (χ4v) is 5.21. The number of ether oxygens (including phenoxy) is 2. The Balaban J connectivity index is 1.37. The van der Waals surface area contributed by atoms with Crippen LogP contribution in [0.3, 0.4) is 0 Å². The number of carbonyl (C=O) groups is 1. The van der Waals surface area contributed by atoms with Crippen molar-refractivity contribution in [1.29, 1.82) is 0 Å². The summed E-state index contributed by atoms with van der Waals surface area (Å²) >= 11 is 1.59. The van der Waals surface area contributed by atoms with Gasteiger partial charge in [0.05, 0.1) is 14.2 Å². The van der Waals surface area contributed by atoms with Crippen LogP contribution in [0.4, 0.5) is 5.82 Å². The molecule has 0 bridgehead atoms. The van der Waals surface area contributed by atoms with E-state index in [1.807, 2.05) is 55.3 Å². The van der Waals surface area contributed by atoms with Crippen molar-refractivity contribution >= 4 is 23.5 Å². The minimum atomic E-state index is 0.107. The van der Waals surface area contributed by atoms with Gasteiger partial charge in [0.2, 0.25) is 0 Å². The quantitative estimate of drug-likeness (QED) is 0.283. The Kier molecular flexibility index (Phi) is 9.47. The Bertz CT molecular complexity index is 1250. The van der Waals surface area contributed by atoms with Crippen molar-refractivity contribution in [3.63, 3.8) is 0 Å². The predicted octanol–water partition coefficient (Wildman–Crippen LogP) is 4.16. The zero-order chi connectivity index (χ0) is 27.1. The van der Waals surface area contributed by atoms with Crippen LogP contribution < -0.4 is 14.4 Å². The molecule has 3 aromatic rings. The van der Waals surface area contributed by atoms with Crippen LogP contribution in [0.2, 0.25) is 0 Å². The molecule has 0 unspecified atom stereocenters. The van der Waals surface area contributed by atoms with Gasteiger partial charge in [-0.15, -0.1) is 0 Å². The first-order chi connectivity index (χ1) is 18.4. The SMILES string of the molecule is COc1ccc(CCN(C)c2cc(C)nc(SCc3cccc(C(=O)N4CCN(C)CC4)c3)n2)cc1OC. The van der Waals surface area contributed by atoms with E-state index < -0.39 is 0 Å². The van der Waals surface area contributed by atoms with Gasteiger partial charge in [-0.2, -0.15) is 0 Å². The standard InChI is InChI=1S/C29H37N5O3S/c1-21-17-27(33(3)12-11-22-9-10-25(36-4)26(19-22)37-5)31-29(30-21)38-20-23-7-6-8-24(18-23)28(35)34-15-13-32(2)14-16-34/h6-10,17-19H,11-16,20H2,1-5H3. The van der Waals surface area contributed by atoms with E-state index in [2.05, 4.69) is 34.0 Å². The summed E-state index contributed by atoms with van der Waals surface area (Å²) in [5, 5.41) is 0.730. The Morgan fingerprint density at radius 3 is 2.47 bits per heavy atom. The molecule has 1 aromatic heterocycles. The fraction of sp³-hybridized carbons (Fsp3) is 0.414. The number of benzene rings is 2. The second kappa shape index (κ2) is 13.0. The molecule has 1 fully saturated rings. The summed E-state index contributed by atoms with van der Waals surface area (Å²) < 4.78 is 10.8. The highest BCUT2D eigenvalue weighted by Gasteiger charge is 2.20. The van der Waals surface area contributed by atoms with E-state index in [9.17, 15) is 4.79 Å². The molecule has 202 valence electrons. The second-order valence-electron chi connectivity index (χ2n) is 9.60. The largest absolute Gasteiger partial charge is 0.493 e. The van der Waals surface area contributed by atoms with E-state index in [1.54, 1.807) is 26.0 Å². The number of likely N-dealkylation sites (N-methyl/N-ethyl adjacent to an activating group) is 2. The van der Waals surface area contributed by atoms with Crippen LogP contribution in [-0.2, 0) is 12.2 Å². The lowest BCUT2D eigenvalue weighted by Gasteiger charge is -2.32. The first-order valence-electron chi connectivity index (χ1n) is 12.8. The average Bonchev–Trinajstić information content (AvgIpc) is 2.94. The van der Waals surface area contributed by atoms with Gasteiger partial charge < -0.3 is 24.2 Å². The van der Waals surface area contributed by atoms with Crippen molar-refractivity contribution < 1.29 is 14.3 Å². The molecule has 8 nitrogen and oxygen atoms in total. The summed E-state index contributed by atoms with van der Waals surface area (Å²) in [6, 6.07) is 15.9. The number of rotatable bonds is 10. The van der Waals surface area contributed by atoms with Crippen LogP contribution in [0.5, 0.6) is 11.5 Å². The molecule has 0 aliphatic carbocycles. The van der Waals surface area contributed by atoms with Gasteiger partial charge >= 0.3 is 0 Å². The van der Waals surface area contributed by atoms with Crippen LogP contribution in [-0.4, -0.2) is 86.7 Å². The van der Waals surface area contributed by atoms with Gasteiger partial charge in [-0.05, 0) is 55.8 Å². The number of anilines is 1. The van der Waals surface area contributed by atoms with Crippen LogP contribution in [0.15, 0.2) is 53.7 Å². The number of amides is 1. The summed E-state index contributed by atoms with van der Waals surface area (Å²) in [6.07, 6.45) is 0.844. The molecule has 0 radical (unpaired) electrons. The number of nitrogens with zero attached hydrogens (tertiary/aromatic N) is 5. The number of carbonyl (C=O) groups excluding carboxylic acids is 1. The van der Waals surface area contributed by atoms with Crippen LogP contribution in [0.25, 0.3) is 0 Å². The second-order valence-corrected chi connectivity index (χ2v) is 10.5. The minimum Gasteiger partial charge on any atom is -0.493 e. The van der Waals surface area contributed by atoms with E-state index in [-0.39, 0.29) is 5.91 Å². The van der Waals surface area contributed by atoms with E-state index in [4.69, 9.17) is 14.5 Å². The highest BCUT2D eigenvalue weighted by molar-refractivity contribution is 7.98. The maximum absolute atomic E-state index is 13.0. The lowest BCUT2D eigenvalue weighted by atomic mass is 10.1. The van der Waals surface area contributed by atoms with Crippen molar-refractivity contribution in [3.05, 3.63) is 70.9 Å². The monoisotopic (exact) mass is 535 g/mol. The fourth-order valence-electron chi connectivity index (χ4n) is 4.37. The van der Waals surface area contributed by atoms with Crippen molar-refractivity contribution in [1.82, 2.24) is 19.8 Å². The predicted molar refractivity (Wildman–Crippen MR) is 153 cm³/mol. The third-order valence-electron chi connectivity index (χ3n) is 6.73. The smallest absolute Gasteiger partial charge is 0.253 e. The molecule has 4 rings (SSSR count). The third-order valence-corrected chi connectivity index (χ3v) is 7.65. The summed E-state index contributed by atoms with van der Waals surface area (Å²) in [5.41, 5.74) is 3.92. The highest BCUT2D eigenvalue weighted by atomic mass is 32.2. The van der Waals surface area contributed by atoms with Gasteiger partial charge in [-0.1, -0.05) is 30.0 Å². The number of hydrogen-bond donors (Lipinski definition) is 0. The average molecular weight is 536 g/mol. The molecule has 9 heteroatoms. The molecule has 1 amide bonds. The Morgan fingerprint density at radius 1 is 0.974 bits per heavy atom. The van der Waals surface area contributed by atoms with Crippen LogP contribution in [0, 0.1) is 6.92 Å². The van der Waals surface area contributed by atoms with Gasteiger partial charge in [0.1, 0.15) is 5.82 Å². The molecule has 2 aromatic carbocycles. The van der Waals surface area contributed by atoms with Gasteiger partial charge in [0, 0.05) is 62.8 Å². The molecule has 0 atom stereocenters. The Hall–Kier alpha value is -3.30. The molecule has 38 heavy (non-hydrogen) atoms. The summed E-state index contributed by atoms with van der Waals surface area (Å²) in [4.78, 5) is 28.8. The zero-order valence-electron chi connectivity index (χ0n) is 22.9. The van der Waals surface area contributed by atoms with Crippen molar-refractivity contribution in [2.45, 2.75) is 24.3 Å². The molecular weight excluding hydrogens is 498 g/mol. The topological polar surface area (TPSA) is 71.0 Å². The summed E-state index contributed by atoms with van der Waals surface area (Å²) in [5.74, 6) is 3.15. The summed E-state index contributed by atoms with van der Waals surface area (Å²) in [6.45, 7) is 6.16.